The summed E-state index contributed by atoms with van der Waals surface area (Å²) in [7, 11) is 4.35. The Hall–Kier alpha value is -0.120. The molecular weight excluding hydrogens is 200 g/mol. The minimum Gasteiger partial charge on any atom is -0.358 e. The van der Waals surface area contributed by atoms with Crippen LogP contribution in [0.3, 0.4) is 0 Å². The highest BCUT2D eigenvalue weighted by molar-refractivity contribution is 4.90. The molecule has 0 aliphatic carbocycles. The molecule has 2 heterocycles. The van der Waals surface area contributed by atoms with Gasteiger partial charge in [-0.05, 0) is 33.5 Å². The van der Waals surface area contributed by atoms with Crippen LogP contribution in [0, 0.1) is 0 Å². The minimum atomic E-state index is 0.0625. The maximum atomic E-state index is 5.85. The van der Waals surface area contributed by atoms with Crippen LogP contribution in [-0.2, 0) is 4.74 Å². The largest absolute Gasteiger partial charge is 0.358 e. The zero-order valence-corrected chi connectivity index (χ0v) is 12.0. The molecule has 3 heteroatoms. The first-order valence-corrected chi connectivity index (χ1v) is 6.77. The second kappa shape index (κ2) is 8.04. The van der Waals surface area contributed by atoms with Crippen molar-refractivity contribution in [2.75, 3.05) is 40.3 Å². The van der Waals surface area contributed by atoms with E-state index in [-0.39, 0.29) is 5.72 Å². The summed E-state index contributed by atoms with van der Waals surface area (Å²) < 4.78 is 5.85. The van der Waals surface area contributed by atoms with E-state index in [1.165, 1.54) is 19.4 Å². The zero-order chi connectivity index (χ0) is 12.6. The first-order valence-electron chi connectivity index (χ1n) is 6.77. The smallest absolute Gasteiger partial charge is 0.134 e. The Balaban J connectivity index is 0.000000509. The number of hydrogen-bond donors (Lipinski definition) is 0. The number of likely N-dealkylation sites (N-methyl/N-ethyl adjacent to an activating group) is 2. The molecule has 2 rings (SSSR count). The maximum absolute atomic E-state index is 5.85. The van der Waals surface area contributed by atoms with Crippen molar-refractivity contribution >= 4 is 0 Å². The van der Waals surface area contributed by atoms with Crippen molar-refractivity contribution < 1.29 is 4.74 Å². The van der Waals surface area contributed by atoms with Crippen LogP contribution < -0.4 is 0 Å². The summed E-state index contributed by atoms with van der Waals surface area (Å²) in [4.78, 5) is 4.73. The van der Waals surface area contributed by atoms with Crippen molar-refractivity contribution in [1.82, 2.24) is 9.80 Å². The summed E-state index contributed by atoms with van der Waals surface area (Å²) in [5, 5.41) is 0. The summed E-state index contributed by atoms with van der Waals surface area (Å²) in [6.45, 7) is 12.3. The average Bonchev–Trinajstić information content (AvgIpc) is 2.66. The van der Waals surface area contributed by atoms with E-state index in [1.807, 2.05) is 27.7 Å². The first-order chi connectivity index (χ1) is 7.73. The molecule has 2 aliphatic rings. The monoisotopic (exact) mass is 230 g/mol. The summed E-state index contributed by atoms with van der Waals surface area (Å²) in [6.07, 6.45) is 2.47. The van der Waals surface area contributed by atoms with E-state index in [2.05, 4.69) is 23.9 Å². The number of rotatable bonds is 0. The quantitative estimate of drug-likeness (QED) is 0.635. The van der Waals surface area contributed by atoms with E-state index in [0.717, 1.165) is 19.7 Å². The third-order valence-electron chi connectivity index (χ3n) is 3.12. The van der Waals surface area contributed by atoms with Crippen LogP contribution in [0.2, 0.25) is 0 Å². The van der Waals surface area contributed by atoms with Crippen LogP contribution in [0.25, 0.3) is 0 Å². The van der Waals surface area contributed by atoms with Gasteiger partial charge in [-0.3, -0.25) is 4.90 Å². The van der Waals surface area contributed by atoms with Crippen molar-refractivity contribution in [2.45, 2.75) is 46.3 Å². The molecular formula is C13H30N2O. The van der Waals surface area contributed by atoms with Gasteiger partial charge in [-0.1, -0.05) is 27.7 Å². The second-order valence-electron chi connectivity index (χ2n) is 4.06. The van der Waals surface area contributed by atoms with Crippen LogP contribution in [-0.4, -0.2) is 55.9 Å². The van der Waals surface area contributed by atoms with Crippen molar-refractivity contribution in [3.63, 3.8) is 0 Å². The van der Waals surface area contributed by atoms with Crippen LogP contribution in [0.5, 0.6) is 0 Å². The summed E-state index contributed by atoms with van der Waals surface area (Å²) in [5.74, 6) is 0. The molecule has 1 spiro atoms. The molecule has 16 heavy (non-hydrogen) atoms. The second-order valence-corrected chi connectivity index (χ2v) is 4.06. The SMILES string of the molecule is CC.CC.CN1CCCC2(C1)OCCN2C. The maximum Gasteiger partial charge on any atom is 0.134 e. The van der Waals surface area contributed by atoms with Gasteiger partial charge in [0, 0.05) is 13.1 Å². The molecule has 0 amide bonds. The molecule has 2 saturated heterocycles. The molecule has 2 aliphatic heterocycles. The van der Waals surface area contributed by atoms with Crippen LogP contribution in [0.4, 0.5) is 0 Å². The van der Waals surface area contributed by atoms with Crippen LogP contribution >= 0.6 is 0 Å². The lowest BCUT2D eigenvalue weighted by Crippen LogP contribution is -2.54. The minimum absolute atomic E-state index is 0.0625. The fourth-order valence-electron chi connectivity index (χ4n) is 2.32. The number of ether oxygens (including phenoxy) is 1. The Morgan fingerprint density at radius 1 is 1.00 bits per heavy atom. The molecule has 0 radical (unpaired) electrons. The molecule has 2 fully saturated rings. The Kier molecular flexibility index (Phi) is 7.98. The predicted octanol–water partition coefficient (Wildman–Crippen LogP) is 2.42. The first kappa shape index (κ1) is 15.9. The van der Waals surface area contributed by atoms with Gasteiger partial charge in [0.15, 0.2) is 0 Å². The molecule has 98 valence electrons. The van der Waals surface area contributed by atoms with Gasteiger partial charge in [0.25, 0.3) is 0 Å². The molecule has 0 aromatic heterocycles. The fourth-order valence-corrected chi connectivity index (χ4v) is 2.32. The van der Waals surface area contributed by atoms with Gasteiger partial charge in [-0.25, -0.2) is 0 Å². The van der Waals surface area contributed by atoms with Gasteiger partial charge in [-0.2, -0.15) is 0 Å². The molecule has 0 aromatic rings. The number of likely N-dealkylation sites (tertiary alicyclic amines) is 1. The van der Waals surface area contributed by atoms with Crippen molar-refractivity contribution in [3.8, 4) is 0 Å². The number of nitrogens with zero attached hydrogens (tertiary/aromatic N) is 2. The summed E-state index contributed by atoms with van der Waals surface area (Å²) in [6, 6.07) is 0. The van der Waals surface area contributed by atoms with Gasteiger partial charge in [0.05, 0.1) is 6.61 Å². The molecule has 3 nitrogen and oxygen atoms in total. The molecule has 0 N–H and O–H groups in total. The third-order valence-corrected chi connectivity index (χ3v) is 3.12. The van der Waals surface area contributed by atoms with Crippen molar-refractivity contribution in [2.24, 2.45) is 0 Å². The fraction of sp³-hybridized carbons (Fsp3) is 1.00. The zero-order valence-electron chi connectivity index (χ0n) is 12.0. The van der Waals surface area contributed by atoms with Crippen LogP contribution in [0.1, 0.15) is 40.5 Å². The lowest BCUT2D eigenvalue weighted by atomic mass is 10.0. The van der Waals surface area contributed by atoms with E-state index in [1.54, 1.807) is 0 Å². The Bertz CT molecular complexity index is 175. The molecule has 0 saturated carbocycles. The molecule has 1 atom stereocenters. The molecule has 0 aromatic carbocycles. The topological polar surface area (TPSA) is 15.7 Å². The van der Waals surface area contributed by atoms with Gasteiger partial charge in [-0.15, -0.1) is 0 Å². The van der Waals surface area contributed by atoms with Gasteiger partial charge in [0.2, 0.25) is 0 Å². The predicted molar refractivity (Wildman–Crippen MR) is 70.7 cm³/mol. The highest BCUT2D eigenvalue weighted by Crippen LogP contribution is 2.30. The molecule has 0 bridgehead atoms. The van der Waals surface area contributed by atoms with E-state index in [0.29, 0.717) is 0 Å². The highest BCUT2D eigenvalue weighted by Gasteiger charge is 2.42. The lowest BCUT2D eigenvalue weighted by molar-refractivity contribution is -0.112. The Morgan fingerprint density at radius 2 is 1.62 bits per heavy atom. The third kappa shape index (κ3) is 3.72. The van der Waals surface area contributed by atoms with Gasteiger partial charge < -0.3 is 9.64 Å². The normalized spacial score (nSPS) is 30.4. The van der Waals surface area contributed by atoms with Crippen molar-refractivity contribution in [1.29, 1.82) is 0 Å². The number of piperidine rings is 1. The van der Waals surface area contributed by atoms with Crippen molar-refractivity contribution in [3.05, 3.63) is 0 Å². The Morgan fingerprint density at radius 3 is 2.06 bits per heavy atom. The van der Waals surface area contributed by atoms with Gasteiger partial charge >= 0.3 is 0 Å². The summed E-state index contributed by atoms with van der Waals surface area (Å²) in [5.41, 5.74) is 0.0625. The standard InChI is InChI=1S/C9H18N2O.2C2H6/c1-10-5-3-4-9(8-10)11(2)6-7-12-9;2*1-2/h3-8H2,1-2H3;2*1-2H3. The number of hydrogen-bond acceptors (Lipinski definition) is 3. The van der Waals surface area contributed by atoms with Crippen LogP contribution in [0.15, 0.2) is 0 Å². The summed E-state index contributed by atoms with van der Waals surface area (Å²) >= 11 is 0. The molecule has 1 unspecified atom stereocenters. The van der Waals surface area contributed by atoms with Gasteiger partial charge in [0.1, 0.15) is 5.72 Å². The Labute approximate surface area is 102 Å². The average molecular weight is 230 g/mol. The van der Waals surface area contributed by atoms with E-state index in [4.69, 9.17) is 4.74 Å². The van der Waals surface area contributed by atoms with E-state index < -0.39 is 0 Å². The van der Waals surface area contributed by atoms with E-state index >= 15 is 0 Å². The van der Waals surface area contributed by atoms with E-state index in [9.17, 15) is 0 Å². The lowest BCUT2D eigenvalue weighted by Gasteiger charge is -2.41. The highest BCUT2D eigenvalue weighted by atomic mass is 16.5.